The number of hydrogen-bond donors (Lipinski definition) is 0. The molecule has 0 aliphatic carbocycles. The molecular weight excluding hydrogens is 220 g/mol. The van der Waals surface area contributed by atoms with Crippen LogP contribution in [0.25, 0.3) is 0 Å². The van der Waals surface area contributed by atoms with Crippen LogP contribution in [0, 0.1) is 17.2 Å². The van der Waals surface area contributed by atoms with Crippen molar-refractivity contribution in [3.63, 3.8) is 0 Å². The second-order valence-corrected chi connectivity index (χ2v) is 3.63. The summed E-state index contributed by atoms with van der Waals surface area (Å²) >= 11 is 0. The smallest absolute Gasteiger partial charge is 0.325 e. The molecule has 5 nitrogen and oxygen atoms in total. The highest BCUT2D eigenvalue weighted by Gasteiger charge is 2.24. The third kappa shape index (κ3) is 5.34. The van der Waals surface area contributed by atoms with Gasteiger partial charge >= 0.3 is 5.97 Å². The van der Waals surface area contributed by atoms with E-state index in [-0.39, 0.29) is 12.5 Å². The Morgan fingerprint density at radius 3 is 2.41 bits per heavy atom. The summed E-state index contributed by atoms with van der Waals surface area (Å²) in [5.41, 5.74) is 0. The van der Waals surface area contributed by atoms with Gasteiger partial charge in [0.05, 0.1) is 12.7 Å². The standard InChI is InChI=1S/C12H20N2O3/c1-4-7-10(8-13)12(16)14(5-2)9-11(15)17-6-3/h10H,4-7,9H2,1-3H3. The predicted octanol–water partition coefficient (Wildman–Crippen LogP) is 1.34. The molecule has 96 valence electrons. The summed E-state index contributed by atoms with van der Waals surface area (Å²) in [7, 11) is 0. The molecule has 1 amide bonds. The first kappa shape index (κ1) is 15.4. The molecule has 5 heteroatoms. The SMILES string of the molecule is CCCC(C#N)C(=O)N(CC)CC(=O)OCC. The minimum absolute atomic E-state index is 0.0783. The Kier molecular flexibility index (Phi) is 7.78. The molecule has 0 spiro atoms. The predicted molar refractivity (Wildman–Crippen MR) is 62.9 cm³/mol. The number of nitrogens with zero attached hydrogens (tertiary/aromatic N) is 2. The van der Waals surface area contributed by atoms with E-state index in [4.69, 9.17) is 10.00 Å². The lowest BCUT2D eigenvalue weighted by molar-refractivity contribution is -0.149. The topological polar surface area (TPSA) is 70.4 Å². The van der Waals surface area contributed by atoms with Crippen LogP contribution in [-0.4, -0.2) is 36.5 Å². The molecule has 0 radical (unpaired) electrons. The number of esters is 1. The summed E-state index contributed by atoms with van der Waals surface area (Å²) in [5.74, 6) is -1.38. The number of rotatable bonds is 7. The van der Waals surface area contributed by atoms with Crippen LogP contribution < -0.4 is 0 Å². The van der Waals surface area contributed by atoms with Crippen LogP contribution in [-0.2, 0) is 14.3 Å². The summed E-state index contributed by atoms with van der Waals surface area (Å²) in [4.78, 5) is 24.6. The summed E-state index contributed by atoms with van der Waals surface area (Å²) in [5, 5.41) is 8.90. The van der Waals surface area contributed by atoms with Crippen LogP contribution in [0.3, 0.4) is 0 Å². The number of amides is 1. The first-order valence-electron chi connectivity index (χ1n) is 5.94. The molecule has 0 aliphatic heterocycles. The maximum atomic E-state index is 11.9. The van der Waals surface area contributed by atoms with Crippen LogP contribution >= 0.6 is 0 Å². The molecule has 0 aromatic rings. The lowest BCUT2D eigenvalue weighted by Gasteiger charge is -2.22. The Bertz CT molecular complexity index is 297. The first-order valence-corrected chi connectivity index (χ1v) is 5.94. The molecular formula is C12H20N2O3. The average Bonchev–Trinajstić information content (AvgIpc) is 2.32. The summed E-state index contributed by atoms with van der Waals surface area (Å²) in [6.07, 6.45) is 1.29. The van der Waals surface area contributed by atoms with Crippen molar-refractivity contribution in [2.24, 2.45) is 5.92 Å². The van der Waals surface area contributed by atoms with Crippen molar-refractivity contribution in [3.8, 4) is 6.07 Å². The van der Waals surface area contributed by atoms with Gasteiger partial charge in [0.15, 0.2) is 0 Å². The second-order valence-electron chi connectivity index (χ2n) is 3.63. The van der Waals surface area contributed by atoms with Gasteiger partial charge in [0.25, 0.3) is 0 Å². The molecule has 17 heavy (non-hydrogen) atoms. The Morgan fingerprint density at radius 2 is 2.00 bits per heavy atom. The van der Waals surface area contributed by atoms with Gasteiger partial charge in [-0.2, -0.15) is 5.26 Å². The second kappa shape index (κ2) is 8.57. The highest BCUT2D eigenvalue weighted by molar-refractivity contribution is 5.85. The maximum absolute atomic E-state index is 11.9. The number of carbonyl (C=O) groups is 2. The third-order valence-electron chi connectivity index (χ3n) is 2.35. The average molecular weight is 240 g/mol. The lowest BCUT2D eigenvalue weighted by Crippen LogP contribution is -2.39. The van der Waals surface area contributed by atoms with Gasteiger partial charge in [-0.15, -0.1) is 0 Å². The fourth-order valence-electron chi connectivity index (χ4n) is 1.46. The van der Waals surface area contributed by atoms with Gasteiger partial charge in [-0.1, -0.05) is 13.3 Å². The Labute approximate surface area is 102 Å². The highest BCUT2D eigenvalue weighted by atomic mass is 16.5. The zero-order valence-corrected chi connectivity index (χ0v) is 10.7. The number of carbonyl (C=O) groups excluding carboxylic acids is 2. The molecule has 0 saturated carbocycles. The minimum atomic E-state index is -0.658. The number of likely N-dealkylation sites (N-methyl/N-ethyl adjacent to an activating group) is 1. The van der Waals surface area contributed by atoms with Gasteiger partial charge in [-0.25, -0.2) is 0 Å². The first-order chi connectivity index (χ1) is 8.10. The van der Waals surface area contributed by atoms with Crippen molar-refractivity contribution < 1.29 is 14.3 Å². The molecule has 0 heterocycles. The van der Waals surface area contributed by atoms with Crippen LogP contribution in [0.1, 0.15) is 33.6 Å². The van der Waals surface area contributed by atoms with Crippen LogP contribution in [0.5, 0.6) is 0 Å². The van der Waals surface area contributed by atoms with Crippen LogP contribution in [0.2, 0.25) is 0 Å². The molecule has 0 saturated heterocycles. The van der Waals surface area contributed by atoms with E-state index < -0.39 is 11.9 Å². The van der Waals surface area contributed by atoms with E-state index in [1.807, 2.05) is 13.0 Å². The van der Waals surface area contributed by atoms with E-state index in [2.05, 4.69) is 0 Å². The van der Waals surface area contributed by atoms with Crippen molar-refractivity contribution in [2.75, 3.05) is 19.7 Å². The summed E-state index contributed by atoms with van der Waals surface area (Å²) < 4.78 is 4.78. The largest absolute Gasteiger partial charge is 0.465 e. The van der Waals surface area contributed by atoms with Gasteiger partial charge in [-0.05, 0) is 20.3 Å². The highest BCUT2D eigenvalue weighted by Crippen LogP contribution is 2.09. The zero-order valence-electron chi connectivity index (χ0n) is 10.7. The molecule has 0 N–H and O–H groups in total. The molecule has 0 aromatic heterocycles. The van der Waals surface area contributed by atoms with E-state index in [1.165, 1.54) is 4.90 Å². The Hall–Kier alpha value is -1.57. The van der Waals surface area contributed by atoms with Gasteiger partial charge in [0.2, 0.25) is 5.91 Å². The van der Waals surface area contributed by atoms with Crippen molar-refractivity contribution >= 4 is 11.9 Å². The van der Waals surface area contributed by atoms with E-state index in [0.29, 0.717) is 19.6 Å². The summed E-state index contributed by atoms with van der Waals surface area (Å²) in [6, 6.07) is 1.98. The normalized spacial score (nSPS) is 11.4. The molecule has 1 unspecified atom stereocenters. The maximum Gasteiger partial charge on any atom is 0.325 e. The molecule has 0 aromatic carbocycles. The molecule has 0 aliphatic rings. The number of ether oxygens (including phenoxy) is 1. The minimum Gasteiger partial charge on any atom is -0.465 e. The van der Waals surface area contributed by atoms with Crippen molar-refractivity contribution in [1.82, 2.24) is 4.90 Å². The van der Waals surface area contributed by atoms with E-state index >= 15 is 0 Å². The third-order valence-corrected chi connectivity index (χ3v) is 2.35. The van der Waals surface area contributed by atoms with E-state index in [1.54, 1.807) is 13.8 Å². The lowest BCUT2D eigenvalue weighted by atomic mass is 10.0. The Morgan fingerprint density at radius 1 is 1.35 bits per heavy atom. The van der Waals surface area contributed by atoms with E-state index in [9.17, 15) is 9.59 Å². The van der Waals surface area contributed by atoms with Gasteiger partial charge in [0, 0.05) is 6.54 Å². The number of hydrogen-bond acceptors (Lipinski definition) is 4. The fraction of sp³-hybridized carbons (Fsp3) is 0.750. The fourth-order valence-corrected chi connectivity index (χ4v) is 1.46. The van der Waals surface area contributed by atoms with Crippen molar-refractivity contribution in [2.45, 2.75) is 33.6 Å². The molecule has 0 bridgehead atoms. The monoisotopic (exact) mass is 240 g/mol. The Balaban J connectivity index is 4.49. The summed E-state index contributed by atoms with van der Waals surface area (Å²) in [6.45, 7) is 6.02. The quantitative estimate of drug-likeness (QED) is 0.629. The van der Waals surface area contributed by atoms with E-state index in [0.717, 1.165) is 6.42 Å². The van der Waals surface area contributed by atoms with Gasteiger partial charge < -0.3 is 9.64 Å². The number of nitriles is 1. The van der Waals surface area contributed by atoms with Gasteiger partial charge in [-0.3, -0.25) is 9.59 Å². The molecule has 1 atom stereocenters. The van der Waals surface area contributed by atoms with Crippen LogP contribution in [0.15, 0.2) is 0 Å². The zero-order chi connectivity index (χ0) is 13.3. The van der Waals surface area contributed by atoms with Gasteiger partial charge in [0.1, 0.15) is 12.5 Å². The molecule has 0 rings (SSSR count). The van der Waals surface area contributed by atoms with Crippen molar-refractivity contribution in [3.05, 3.63) is 0 Å². The van der Waals surface area contributed by atoms with Crippen molar-refractivity contribution in [1.29, 1.82) is 5.26 Å². The molecule has 0 fully saturated rings. The van der Waals surface area contributed by atoms with Crippen LogP contribution in [0.4, 0.5) is 0 Å².